The van der Waals surface area contributed by atoms with E-state index < -0.39 is 0 Å². The van der Waals surface area contributed by atoms with Crippen LogP contribution in [-0.4, -0.2) is 56.4 Å². The zero-order valence-corrected chi connectivity index (χ0v) is 25.9. The van der Waals surface area contributed by atoms with Crippen LogP contribution in [0.2, 0.25) is 0 Å². The standard InChI is InChI=1S/C37H39N7O/c1-27-21-35(43(2)42-27)40-24-30-22-34(31-8-4-3-5-9-31)36(41-25-30)32-12-10-29(11-13-32)26-44-19-15-33(16-20-44)37(45)39-18-14-28-7-6-17-38-23-28/h3-13,17,21-25,33H,14-16,18-20,26H2,1-2H3,(H,39,45)/b40-24-. The molecule has 1 aliphatic heterocycles. The molecule has 1 amide bonds. The van der Waals surface area contributed by atoms with Crippen molar-refractivity contribution in [3.05, 3.63) is 120 Å². The van der Waals surface area contributed by atoms with Crippen molar-refractivity contribution in [2.24, 2.45) is 18.0 Å². The number of aromatic nitrogens is 4. The van der Waals surface area contributed by atoms with Crippen LogP contribution in [0.1, 0.15) is 35.2 Å². The first-order valence-electron chi connectivity index (χ1n) is 15.6. The van der Waals surface area contributed by atoms with Crippen molar-refractivity contribution in [1.82, 2.24) is 30.0 Å². The van der Waals surface area contributed by atoms with E-state index >= 15 is 0 Å². The highest BCUT2D eigenvalue weighted by atomic mass is 16.1. The van der Waals surface area contributed by atoms with Crippen molar-refractivity contribution in [2.45, 2.75) is 32.7 Å². The average molecular weight is 598 g/mol. The summed E-state index contributed by atoms with van der Waals surface area (Å²) in [4.78, 5) is 28.9. The molecule has 228 valence electrons. The molecule has 5 aromatic rings. The van der Waals surface area contributed by atoms with E-state index in [1.807, 2.05) is 56.8 Å². The van der Waals surface area contributed by atoms with E-state index in [0.29, 0.717) is 6.54 Å². The number of pyridine rings is 2. The lowest BCUT2D eigenvalue weighted by Crippen LogP contribution is -2.40. The topological polar surface area (TPSA) is 88.3 Å². The third-order valence-corrected chi connectivity index (χ3v) is 8.34. The number of aryl methyl sites for hydroxylation is 2. The van der Waals surface area contributed by atoms with Crippen molar-refractivity contribution >= 4 is 17.9 Å². The Morgan fingerprint density at radius 3 is 2.47 bits per heavy atom. The molecule has 0 unspecified atom stereocenters. The van der Waals surface area contributed by atoms with Crippen molar-refractivity contribution < 1.29 is 4.79 Å². The van der Waals surface area contributed by atoms with Crippen LogP contribution in [0.25, 0.3) is 22.4 Å². The molecule has 2 aromatic carbocycles. The minimum atomic E-state index is 0.0845. The molecule has 0 saturated carbocycles. The second-order valence-electron chi connectivity index (χ2n) is 11.7. The lowest BCUT2D eigenvalue weighted by atomic mass is 9.95. The van der Waals surface area contributed by atoms with Crippen LogP contribution in [-0.2, 0) is 24.8 Å². The molecule has 0 spiro atoms. The summed E-state index contributed by atoms with van der Waals surface area (Å²) in [5.74, 6) is 1.06. The Bertz CT molecular complexity index is 1740. The van der Waals surface area contributed by atoms with Gasteiger partial charge in [-0.2, -0.15) is 5.10 Å². The Hall–Kier alpha value is -4.95. The van der Waals surface area contributed by atoms with Gasteiger partial charge in [-0.05, 0) is 68.1 Å². The molecule has 8 nitrogen and oxygen atoms in total. The van der Waals surface area contributed by atoms with Gasteiger partial charge in [-0.1, -0.05) is 60.7 Å². The molecular weight excluding hydrogens is 558 g/mol. The zero-order chi connectivity index (χ0) is 31.0. The number of aliphatic imine (C=N–C) groups is 1. The van der Waals surface area contributed by atoms with Crippen molar-refractivity contribution in [1.29, 1.82) is 0 Å². The van der Waals surface area contributed by atoms with Crippen LogP contribution in [0.15, 0.2) is 102 Å². The zero-order valence-electron chi connectivity index (χ0n) is 25.9. The van der Waals surface area contributed by atoms with Crippen LogP contribution >= 0.6 is 0 Å². The Labute approximate surface area is 264 Å². The quantitative estimate of drug-likeness (QED) is 0.195. The summed E-state index contributed by atoms with van der Waals surface area (Å²) >= 11 is 0. The van der Waals surface area contributed by atoms with Crippen LogP contribution < -0.4 is 5.32 Å². The minimum Gasteiger partial charge on any atom is -0.356 e. The van der Waals surface area contributed by atoms with Crippen LogP contribution in [0.4, 0.5) is 5.82 Å². The van der Waals surface area contributed by atoms with E-state index in [1.54, 1.807) is 10.9 Å². The molecule has 8 heteroatoms. The maximum absolute atomic E-state index is 12.7. The van der Waals surface area contributed by atoms with Gasteiger partial charge in [0.1, 0.15) is 5.82 Å². The fourth-order valence-corrected chi connectivity index (χ4v) is 5.88. The number of nitrogens with zero attached hydrogens (tertiary/aromatic N) is 6. The first-order chi connectivity index (χ1) is 22.0. The molecule has 45 heavy (non-hydrogen) atoms. The van der Waals surface area contributed by atoms with E-state index in [1.165, 1.54) is 5.56 Å². The van der Waals surface area contributed by atoms with Gasteiger partial charge >= 0.3 is 0 Å². The van der Waals surface area contributed by atoms with E-state index in [2.05, 4.69) is 79.9 Å². The number of hydrogen-bond donors (Lipinski definition) is 1. The summed E-state index contributed by atoms with van der Waals surface area (Å²) in [5, 5.41) is 7.50. The van der Waals surface area contributed by atoms with E-state index in [4.69, 9.17) is 4.98 Å². The molecule has 4 heterocycles. The lowest BCUT2D eigenvalue weighted by Gasteiger charge is -2.31. The Kier molecular flexibility index (Phi) is 9.51. The monoisotopic (exact) mass is 597 g/mol. The second kappa shape index (κ2) is 14.2. The third-order valence-electron chi connectivity index (χ3n) is 8.34. The number of benzene rings is 2. The molecule has 0 aliphatic carbocycles. The van der Waals surface area contributed by atoms with Gasteiger partial charge in [0.05, 0.1) is 11.4 Å². The number of carbonyl (C=O) groups is 1. The number of piperidine rings is 1. The number of nitrogens with one attached hydrogen (secondary N) is 1. The van der Waals surface area contributed by atoms with Crippen LogP contribution in [0.3, 0.4) is 0 Å². The highest BCUT2D eigenvalue weighted by Crippen LogP contribution is 2.31. The van der Waals surface area contributed by atoms with Gasteiger partial charge in [-0.3, -0.25) is 24.3 Å². The van der Waals surface area contributed by atoms with Gasteiger partial charge in [0, 0.05) is 73.6 Å². The molecule has 3 aromatic heterocycles. The van der Waals surface area contributed by atoms with Gasteiger partial charge in [0.2, 0.25) is 5.91 Å². The minimum absolute atomic E-state index is 0.0845. The number of carbonyl (C=O) groups excluding carboxylic acids is 1. The average Bonchev–Trinajstić information content (AvgIpc) is 3.41. The highest BCUT2D eigenvalue weighted by Gasteiger charge is 2.24. The summed E-state index contributed by atoms with van der Waals surface area (Å²) in [6.45, 7) is 5.33. The van der Waals surface area contributed by atoms with Gasteiger partial charge < -0.3 is 5.32 Å². The van der Waals surface area contributed by atoms with Crippen molar-refractivity contribution in [2.75, 3.05) is 19.6 Å². The number of rotatable bonds is 10. The van der Waals surface area contributed by atoms with E-state index in [0.717, 1.165) is 83.9 Å². The van der Waals surface area contributed by atoms with Gasteiger partial charge in [-0.25, -0.2) is 4.99 Å². The normalized spacial score (nSPS) is 14.2. The summed E-state index contributed by atoms with van der Waals surface area (Å²) in [5.41, 5.74) is 8.46. The molecular formula is C37H39N7O. The fourth-order valence-electron chi connectivity index (χ4n) is 5.88. The Morgan fingerprint density at radius 2 is 1.76 bits per heavy atom. The molecule has 1 aliphatic rings. The number of amides is 1. The third kappa shape index (κ3) is 7.77. The molecule has 0 radical (unpaired) electrons. The first-order valence-corrected chi connectivity index (χ1v) is 15.6. The van der Waals surface area contributed by atoms with Crippen molar-refractivity contribution in [3.63, 3.8) is 0 Å². The van der Waals surface area contributed by atoms with Gasteiger partial charge in [-0.15, -0.1) is 0 Å². The molecule has 0 atom stereocenters. The predicted octanol–water partition coefficient (Wildman–Crippen LogP) is 6.17. The second-order valence-corrected chi connectivity index (χ2v) is 11.7. The summed E-state index contributed by atoms with van der Waals surface area (Å²) in [6.07, 6.45) is 9.92. The smallest absolute Gasteiger partial charge is 0.223 e. The first kappa shape index (κ1) is 30.1. The molecule has 1 saturated heterocycles. The molecule has 0 bridgehead atoms. The predicted molar refractivity (Wildman–Crippen MR) is 179 cm³/mol. The van der Waals surface area contributed by atoms with Crippen molar-refractivity contribution in [3.8, 4) is 22.4 Å². The van der Waals surface area contributed by atoms with Gasteiger partial charge in [0.25, 0.3) is 0 Å². The SMILES string of the molecule is Cc1cc(/N=C\c2cnc(-c3ccc(CN4CCC(C(=O)NCCc5cccnc5)CC4)cc3)c(-c3ccccc3)c2)n(C)n1. The highest BCUT2D eigenvalue weighted by molar-refractivity contribution is 5.88. The number of likely N-dealkylation sites (tertiary alicyclic amines) is 1. The van der Waals surface area contributed by atoms with Crippen LogP contribution in [0.5, 0.6) is 0 Å². The summed E-state index contributed by atoms with van der Waals surface area (Å²) in [6, 6.07) is 27.2. The maximum atomic E-state index is 12.7. The molecule has 1 fully saturated rings. The largest absolute Gasteiger partial charge is 0.356 e. The molecule has 6 rings (SSSR count). The van der Waals surface area contributed by atoms with Gasteiger partial charge in [0.15, 0.2) is 0 Å². The summed E-state index contributed by atoms with van der Waals surface area (Å²) < 4.78 is 1.78. The van der Waals surface area contributed by atoms with Crippen LogP contribution in [0, 0.1) is 12.8 Å². The van der Waals surface area contributed by atoms with E-state index in [9.17, 15) is 4.79 Å². The summed E-state index contributed by atoms with van der Waals surface area (Å²) in [7, 11) is 1.90. The molecule has 1 N–H and O–H groups in total. The Morgan fingerprint density at radius 1 is 0.956 bits per heavy atom. The van der Waals surface area contributed by atoms with E-state index in [-0.39, 0.29) is 11.8 Å². The fraction of sp³-hybridized carbons (Fsp3) is 0.270. The lowest BCUT2D eigenvalue weighted by molar-refractivity contribution is -0.126. The maximum Gasteiger partial charge on any atom is 0.223 e. The Balaban J connectivity index is 1.08. The number of hydrogen-bond acceptors (Lipinski definition) is 6.